The van der Waals surface area contributed by atoms with Crippen molar-refractivity contribution in [3.8, 4) is 0 Å². The molecule has 3 atom stereocenters. The molecule has 1 aliphatic heterocycles. The highest BCUT2D eigenvalue weighted by atomic mass is 16.5. The van der Waals surface area contributed by atoms with Gasteiger partial charge in [0.25, 0.3) is 0 Å². The van der Waals surface area contributed by atoms with E-state index in [2.05, 4.69) is 15.6 Å². The van der Waals surface area contributed by atoms with Crippen molar-refractivity contribution in [1.29, 1.82) is 0 Å². The van der Waals surface area contributed by atoms with Gasteiger partial charge in [-0.1, -0.05) is 12.2 Å². The van der Waals surface area contributed by atoms with Gasteiger partial charge >= 0.3 is 0 Å². The summed E-state index contributed by atoms with van der Waals surface area (Å²) in [6.07, 6.45) is 8.00. The molecule has 2 aliphatic rings. The van der Waals surface area contributed by atoms with E-state index in [4.69, 9.17) is 4.74 Å². The fraction of sp³-hybridized carbons (Fsp3) is 0.500. The summed E-state index contributed by atoms with van der Waals surface area (Å²) in [6, 6.07) is 3.33. The molecule has 3 rings (SSSR count). The summed E-state index contributed by atoms with van der Waals surface area (Å²) in [6.45, 7) is 0.219. The van der Waals surface area contributed by atoms with Gasteiger partial charge in [0, 0.05) is 24.9 Å². The van der Waals surface area contributed by atoms with Crippen molar-refractivity contribution in [2.45, 2.75) is 44.1 Å². The van der Waals surface area contributed by atoms with E-state index in [9.17, 15) is 14.7 Å². The predicted molar refractivity (Wildman–Crippen MR) is 90.2 cm³/mol. The quantitative estimate of drug-likeness (QED) is 0.617. The molecule has 134 valence electrons. The van der Waals surface area contributed by atoms with Crippen LogP contribution in [-0.2, 0) is 20.9 Å². The Morgan fingerprint density at radius 3 is 2.68 bits per heavy atom. The van der Waals surface area contributed by atoms with Crippen LogP contribution < -0.4 is 10.6 Å². The minimum atomic E-state index is -0.536. The molecular formula is C18H23N3O4. The van der Waals surface area contributed by atoms with Crippen LogP contribution in [0.3, 0.4) is 0 Å². The number of aliphatic hydroxyl groups is 1. The van der Waals surface area contributed by atoms with E-state index < -0.39 is 12.2 Å². The van der Waals surface area contributed by atoms with Crippen LogP contribution in [0, 0.1) is 5.92 Å². The molecule has 1 saturated carbocycles. The molecule has 1 fully saturated rings. The van der Waals surface area contributed by atoms with E-state index in [1.807, 2.05) is 18.2 Å². The summed E-state index contributed by atoms with van der Waals surface area (Å²) >= 11 is 0. The number of ether oxygens (including phenoxy) is 1. The van der Waals surface area contributed by atoms with Crippen LogP contribution in [0.25, 0.3) is 0 Å². The van der Waals surface area contributed by atoms with E-state index in [-0.39, 0.29) is 36.8 Å². The van der Waals surface area contributed by atoms with Gasteiger partial charge in [-0.15, -0.1) is 0 Å². The van der Waals surface area contributed by atoms with Gasteiger partial charge in [-0.05, 0) is 30.5 Å². The Hall–Kier alpha value is -2.25. The molecule has 0 saturated heterocycles. The first kappa shape index (κ1) is 17.6. The lowest BCUT2D eigenvalue weighted by molar-refractivity contribution is -0.128. The minimum absolute atomic E-state index is 0.00486. The normalized spacial score (nSPS) is 25.4. The summed E-state index contributed by atoms with van der Waals surface area (Å²) in [7, 11) is 0. The van der Waals surface area contributed by atoms with E-state index in [0.29, 0.717) is 6.54 Å². The van der Waals surface area contributed by atoms with E-state index in [1.54, 1.807) is 18.5 Å². The maximum Gasteiger partial charge on any atom is 0.223 e. The fourth-order valence-electron chi connectivity index (χ4n) is 2.72. The molecule has 2 heterocycles. The summed E-state index contributed by atoms with van der Waals surface area (Å²) in [4.78, 5) is 27.9. The van der Waals surface area contributed by atoms with E-state index in [1.165, 1.54) is 0 Å². The van der Waals surface area contributed by atoms with E-state index >= 15 is 0 Å². The van der Waals surface area contributed by atoms with Gasteiger partial charge in [-0.2, -0.15) is 0 Å². The molecule has 1 aliphatic carbocycles. The minimum Gasteiger partial charge on any atom is -0.394 e. The van der Waals surface area contributed by atoms with Gasteiger partial charge in [-0.3, -0.25) is 14.6 Å². The molecule has 1 aromatic heterocycles. The Bertz CT molecular complexity index is 630. The number of carbonyl (C=O) groups excluding carboxylic acids is 2. The first-order valence-corrected chi connectivity index (χ1v) is 8.56. The van der Waals surface area contributed by atoms with Gasteiger partial charge in [0.1, 0.15) is 6.10 Å². The standard InChI is InChI=1S/C18H23N3O4/c22-11-16-15(21-18(24)13-1-2-13)4-3-14(25-16)9-17(23)20-10-12-5-7-19-8-6-12/h3-8,13-16,22H,1-2,9-11H2,(H,20,23)(H,21,24)/t14-,15+,16-/m1/s1. The van der Waals surface area contributed by atoms with Crippen LogP contribution in [0.2, 0.25) is 0 Å². The van der Waals surface area contributed by atoms with Gasteiger partial charge in [0.15, 0.2) is 0 Å². The second-order valence-electron chi connectivity index (χ2n) is 6.43. The van der Waals surface area contributed by atoms with Crippen LogP contribution in [0.4, 0.5) is 0 Å². The Labute approximate surface area is 146 Å². The molecule has 7 heteroatoms. The lowest BCUT2D eigenvalue weighted by Crippen LogP contribution is -2.49. The zero-order valence-corrected chi connectivity index (χ0v) is 13.9. The topological polar surface area (TPSA) is 101 Å². The summed E-state index contributed by atoms with van der Waals surface area (Å²) in [5.74, 6) is -0.0294. The smallest absolute Gasteiger partial charge is 0.223 e. The van der Waals surface area contributed by atoms with Crippen LogP contribution in [0.5, 0.6) is 0 Å². The molecule has 7 nitrogen and oxygen atoms in total. The van der Waals surface area contributed by atoms with E-state index in [0.717, 1.165) is 18.4 Å². The summed E-state index contributed by atoms with van der Waals surface area (Å²) < 4.78 is 5.75. The van der Waals surface area contributed by atoms with Crippen LogP contribution in [-0.4, -0.2) is 46.8 Å². The van der Waals surface area contributed by atoms with Crippen molar-refractivity contribution in [3.63, 3.8) is 0 Å². The Morgan fingerprint density at radius 2 is 2.00 bits per heavy atom. The Kier molecular flexibility index (Phi) is 5.78. The van der Waals surface area contributed by atoms with Crippen LogP contribution >= 0.6 is 0 Å². The number of aliphatic hydroxyl groups excluding tert-OH is 1. The third-order valence-electron chi connectivity index (χ3n) is 4.35. The number of carbonyl (C=O) groups is 2. The van der Waals surface area contributed by atoms with Crippen molar-refractivity contribution in [2.75, 3.05) is 6.61 Å². The number of nitrogens with one attached hydrogen (secondary N) is 2. The molecule has 25 heavy (non-hydrogen) atoms. The average Bonchev–Trinajstić information content (AvgIpc) is 3.47. The first-order valence-electron chi connectivity index (χ1n) is 8.56. The number of rotatable bonds is 7. The second-order valence-corrected chi connectivity index (χ2v) is 6.43. The molecule has 0 bridgehead atoms. The number of hydrogen-bond donors (Lipinski definition) is 3. The predicted octanol–water partition coefficient (Wildman–Crippen LogP) is 0.299. The lowest BCUT2D eigenvalue weighted by Gasteiger charge is -2.31. The molecule has 2 amide bonds. The van der Waals surface area contributed by atoms with Crippen molar-refractivity contribution < 1.29 is 19.4 Å². The number of nitrogens with zero attached hydrogens (tertiary/aromatic N) is 1. The maximum atomic E-state index is 12.1. The summed E-state index contributed by atoms with van der Waals surface area (Å²) in [5.41, 5.74) is 0.972. The maximum absolute atomic E-state index is 12.1. The van der Waals surface area contributed by atoms with Crippen molar-refractivity contribution in [2.24, 2.45) is 5.92 Å². The van der Waals surface area contributed by atoms with Crippen molar-refractivity contribution >= 4 is 11.8 Å². The zero-order chi connectivity index (χ0) is 17.6. The number of hydrogen-bond acceptors (Lipinski definition) is 5. The van der Waals surface area contributed by atoms with Gasteiger partial charge in [0.05, 0.1) is 25.2 Å². The largest absolute Gasteiger partial charge is 0.394 e. The molecule has 3 N–H and O–H groups in total. The molecular weight excluding hydrogens is 322 g/mol. The number of aromatic nitrogens is 1. The van der Waals surface area contributed by atoms with Crippen LogP contribution in [0.15, 0.2) is 36.7 Å². The van der Waals surface area contributed by atoms with Crippen molar-refractivity contribution in [3.05, 3.63) is 42.2 Å². The number of pyridine rings is 1. The fourth-order valence-corrected chi connectivity index (χ4v) is 2.72. The highest BCUT2D eigenvalue weighted by Gasteiger charge is 2.34. The number of amides is 2. The third-order valence-corrected chi connectivity index (χ3v) is 4.35. The van der Waals surface area contributed by atoms with Gasteiger partial charge in [0.2, 0.25) is 11.8 Å². The summed E-state index contributed by atoms with van der Waals surface area (Å²) in [5, 5.41) is 15.2. The molecule has 0 aromatic carbocycles. The monoisotopic (exact) mass is 345 g/mol. The SMILES string of the molecule is O=C(C[C@H]1C=C[C@H](NC(=O)C2CC2)[C@@H](CO)O1)NCc1ccncc1. The Morgan fingerprint density at radius 1 is 1.24 bits per heavy atom. The zero-order valence-electron chi connectivity index (χ0n) is 13.9. The van der Waals surface area contributed by atoms with Crippen molar-refractivity contribution in [1.82, 2.24) is 15.6 Å². The highest BCUT2D eigenvalue weighted by Crippen LogP contribution is 2.29. The lowest BCUT2D eigenvalue weighted by atomic mass is 10.0. The van der Waals surface area contributed by atoms with Gasteiger partial charge in [-0.25, -0.2) is 0 Å². The average molecular weight is 345 g/mol. The molecule has 1 aromatic rings. The van der Waals surface area contributed by atoms with Crippen LogP contribution in [0.1, 0.15) is 24.8 Å². The molecule has 0 radical (unpaired) electrons. The molecule has 0 spiro atoms. The highest BCUT2D eigenvalue weighted by molar-refractivity contribution is 5.81. The molecule has 0 unspecified atom stereocenters. The van der Waals surface area contributed by atoms with Gasteiger partial charge < -0.3 is 20.5 Å². The third kappa shape index (κ3) is 5.11. The first-order chi connectivity index (χ1) is 12.2. The Balaban J connectivity index is 1.47. The second kappa shape index (κ2) is 8.22.